The summed E-state index contributed by atoms with van der Waals surface area (Å²) in [6, 6.07) is 7.71. The molecule has 0 aliphatic heterocycles. The van der Waals surface area contributed by atoms with Crippen molar-refractivity contribution < 1.29 is 9.53 Å². The van der Waals surface area contributed by atoms with Crippen LogP contribution in [0.3, 0.4) is 0 Å². The van der Waals surface area contributed by atoms with Crippen molar-refractivity contribution in [2.75, 3.05) is 6.54 Å². The summed E-state index contributed by atoms with van der Waals surface area (Å²) in [6.07, 6.45) is 1.72. The van der Waals surface area contributed by atoms with Crippen molar-refractivity contribution in [1.82, 2.24) is 0 Å². The van der Waals surface area contributed by atoms with E-state index in [1.54, 1.807) is 0 Å². The molecule has 17 heavy (non-hydrogen) atoms. The van der Waals surface area contributed by atoms with Gasteiger partial charge in [-0.15, -0.1) is 0 Å². The molecule has 0 aliphatic carbocycles. The molecule has 1 atom stereocenters. The van der Waals surface area contributed by atoms with Gasteiger partial charge in [-0.05, 0) is 24.1 Å². The number of hydrogen-bond donors (Lipinski definition) is 1. The molecular weight excluding hydrogens is 282 g/mol. The topological polar surface area (TPSA) is 52.3 Å². The summed E-state index contributed by atoms with van der Waals surface area (Å²) >= 11 is 3.38. The van der Waals surface area contributed by atoms with E-state index in [2.05, 4.69) is 15.9 Å². The lowest BCUT2D eigenvalue weighted by Gasteiger charge is -2.13. The number of nitrogens with two attached hydrogens (primary N) is 1. The van der Waals surface area contributed by atoms with E-state index in [1.807, 2.05) is 31.2 Å². The molecule has 2 N–H and O–H groups in total. The van der Waals surface area contributed by atoms with Crippen molar-refractivity contribution in [3.05, 3.63) is 34.3 Å². The van der Waals surface area contributed by atoms with Crippen LogP contribution < -0.4 is 5.73 Å². The van der Waals surface area contributed by atoms with Crippen LogP contribution in [0.15, 0.2) is 28.7 Å². The van der Waals surface area contributed by atoms with E-state index >= 15 is 0 Å². The molecule has 4 heteroatoms. The van der Waals surface area contributed by atoms with Crippen LogP contribution in [0.4, 0.5) is 0 Å². The second kappa shape index (κ2) is 7.45. The Bertz CT molecular complexity index is 368. The van der Waals surface area contributed by atoms with Crippen molar-refractivity contribution in [3.8, 4) is 0 Å². The molecule has 0 saturated heterocycles. The van der Waals surface area contributed by atoms with Gasteiger partial charge in [0.1, 0.15) is 6.61 Å². The number of carbonyl (C=O) groups excluding carboxylic acids is 1. The van der Waals surface area contributed by atoms with Gasteiger partial charge in [-0.2, -0.15) is 0 Å². The molecule has 0 bridgehead atoms. The third kappa shape index (κ3) is 4.88. The van der Waals surface area contributed by atoms with Crippen molar-refractivity contribution in [2.45, 2.75) is 26.4 Å². The molecule has 0 amide bonds. The van der Waals surface area contributed by atoms with E-state index in [-0.39, 0.29) is 11.9 Å². The molecule has 1 aromatic rings. The van der Waals surface area contributed by atoms with Crippen LogP contribution in [0.25, 0.3) is 0 Å². The fourth-order valence-corrected chi connectivity index (χ4v) is 2.03. The number of hydrogen-bond acceptors (Lipinski definition) is 3. The Kier molecular flexibility index (Phi) is 6.22. The van der Waals surface area contributed by atoms with Gasteiger partial charge in [-0.3, -0.25) is 4.79 Å². The monoisotopic (exact) mass is 299 g/mol. The number of benzene rings is 1. The second-order valence-corrected chi connectivity index (χ2v) is 4.87. The summed E-state index contributed by atoms with van der Waals surface area (Å²) in [6.45, 7) is 2.69. The molecule has 3 nitrogen and oxygen atoms in total. The highest BCUT2D eigenvalue weighted by molar-refractivity contribution is 9.10. The van der Waals surface area contributed by atoms with E-state index in [9.17, 15) is 4.79 Å². The van der Waals surface area contributed by atoms with Crippen LogP contribution in [0.5, 0.6) is 0 Å². The SMILES string of the molecule is CCCC(CN)C(=O)OCc1cccc(Br)c1. The first kappa shape index (κ1) is 14.2. The average Bonchev–Trinajstić information content (AvgIpc) is 2.33. The zero-order valence-electron chi connectivity index (χ0n) is 9.99. The summed E-state index contributed by atoms with van der Waals surface area (Å²) < 4.78 is 6.23. The standard InChI is InChI=1S/C13H18BrNO2/c1-2-4-11(8-15)13(16)17-9-10-5-3-6-12(14)7-10/h3,5-7,11H,2,4,8-9,15H2,1H3. The average molecular weight is 300 g/mol. The minimum atomic E-state index is -0.200. The summed E-state index contributed by atoms with van der Waals surface area (Å²) in [5, 5.41) is 0. The van der Waals surface area contributed by atoms with Crippen LogP contribution in [0, 0.1) is 5.92 Å². The minimum Gasteiger partial charge on any atom is -0.461 e. The van der Waals surface area contributed by atoms with E-state index in [4.69, 9.17) is 10.5 Å². The Hall–Kier alpha value is -0.870. The van der Waals surface area contributed by atoms with Crippen LogP contribution in [0.1, 0.15) is 25.3 Å². The summed E-state index contributed by atoms with van der Waals surface area (Å²) in [4.78, 5) is 11.7. The van der Waals surface area contributed by atoms with E-state index < -0.39 is 0 Å². The largest absolute Gasteiger partial charge is 0.461 e. The Morgan fingerprint density at radius 2 is 2.29 bits per heavy atom. The molecular formula is C13H18BrNO2. The van der Waals surface area contributed by atoms with E-state index in [1.165, 1.54) is 0 Å². The predicted octanol–water partition coefficient (Wildman–Crippen LogP) is 2.87. The van der Waals surface area contributed by atoms with Gasteiger partial charge in [0, 0.05) is 11.0 Å². The van der Waals surface area contributed by atoms with Crippen LogP contribution >= 0.6 is 15.9 Å². The molecule has 0 fully saturated rings. The zero-order chi connectivity index (χ0) is 12.7. The Morgan fingerprint density at radius 3 is 2.88 bits per heavy atom. The van der Waals surface area contributed by atoms with Crippen molar-refractivity contribution in [2.24, 2.45) is 11.7 Å². The van der Waals surface area contributed by atoms with Gasteiger partial charge in [0.25, 0.3) is 0 Å². The third-order valence-electron chi connectivity index (χ3n) is 2.53. The van der Waals surface area contributed by atoms with Crippen LogP contribution in [-0.2, 0) is 16.1 Å². The van der Waals surface area contributed by atoms with Gasteiger partial charge in [0.2, 0.25) is 0 Å². The number of carbonyl (C=O) groups is 1. The lowest BCUT2D eigenvalue weighted by molar-refractivity contribution is -0.149. The second-order valence-electron chi connectivity index (χ2n) is 3.96. The van der Waals surface area contributed by atoms with Gasteiger partial charge in [0.15, 0.2) is 0 Å². The van der Waals surface area contributed by atoms with E-state index in [0.717, 1.165) is 22.9 Å². The maximum absolute atomic E-state index is 11.7. The lowest BCUT2D eigenvalue weighted by atomic mass is 10.0. The van der Waals surface area contributed by atoms with Gasteiger partial charge in [-0.1, -0.05) is 41.4 Å². The van der Waals surface area contributed by atoms with Gasteiger partial charge < -0.3 is 10.5 Å². The fourth-order valence-electron chi connectivity index (χ4n) is 1.58. The maximum atomic E-state index is 11.7. The zero-order valence-corrected chi connectivity index (χ0v) is 11.6. The van der Waals surface area contributed by atoms with Gasteiger partial charge in [-0.25, -0.2) is 0 Å². The molecule has 0 saturated carbocycles. The number of rotatable bonds is 6. The van der Waals surface area contributed by atoms with Crippen LogP contribution in [-0.4, -0.2) is 12.5 Å². The Labute approximate surface area is 110 Å². The van der Waals surface area contributed by atoms with Crippen molar-refractivity contribution in [3.63, 3.8) is 0 Å². The molecule has 1 rings (SSSR count). The van der Waals surface area contributed by atoms with E-state index in [0.29, 0.717) is 13.2 Å². The molecule has 0 heterocycles. The first-order valence-corrected chi connectivity index (χ1v) is 6.57. The molecule has 94 valence electrons. The van der Waals surface area contributed by atoms with Crippen LogP contribution in [0.2, 0.25) is 0 Å². The highest BCUT2D eigenvalue weighted by atomic mass is 79.9. The maximum Gasteiger partial charge on any atom is 0.310 e. The number of halogens is 1. The molecule has 0 aromatic heterocycles. The summed E-state index contributed by atoms with van der Waals surface area (Å²) in [7, 11) is 0. The first-order chi connectivity index (χ1) is 8.17. The summed E-state index contributed by atoms with van der Waals surface area (Å²) in [5.74, 6) is -0.374. The van der Waals surface area contributed by atoms with Gasteiger partial charge >= 0.3 is 5.97 Å². The normalized spacial score (nSPS) is 12.2. The number of ether oxygens (including phenoxy) is 1. The lowest BCUT2D eigenvalue weighted by Crippen LogP contribution is -2.25. The number of esters is 1. The van der Waals surface area contributed by atoms with Crippen molar-refractivity contribution in [1.29, 1.82) is 0 Å². The predicted molar refractivity (Wildman–Crippen MR) is 71.4 cm³/mol. The molecule has 0 aliphatic rings. The first-order valence-electron chi connectivity index (χ1n) is 5.78. The van der Waals surface area contributed by atoms with Gasteiger partial charge in [0.05, 0.1) is 5.92 Å². The quantitative estimate of drug-likeness (QED) is 0.822. The Morgan fingerprint density at radius 1 is 1.53 bits per heavy atom. The third-order valence-corrected chi connectivity index (χ3v) is 3.02. The smallest absolute Gasteiger partial charge is 0.310 e. The fraction of sp³-hybridized carbons (Fsp3) is 0.462. The molecule has 1 unspecified atom stereocenters. The molecule has 0 radical (unpaired) electrons. The highest BCUT2D eigenvalue weighted by Crippen LogP contribution is 2.14. The van der Waals surface area contributed by atoms with Crippen molar-refractivity contribution >= 4 is 21.9 Å². The Balaban J connectivity index is 2.47. The molecule has 0 spiro atoms. The summed E-state index contributed by atoms with van der Waals surface area (Å²) in [5.41, 5.74) is 6.52. The minimum absolute atomic E-state index is 0.174. The molecule has 1 aromatic carbocycles. The highest BCUT2D eigenvalue weighted by Gasteiger charge is 2.17.